The molecule has 2 rings (SSSR count). The lowest BCUT2D eigenvalue weighted by Crippen LogP contribution is -2.29. The van der Waals surface area contributed by atoms with E-state index in [4.69, 9.17) is 0 Å². The van der Waals surface area contributed by atoms with Crippen LogP contribution in [0.25, 0.3) is 0 Å². The van der Waals surface area contributed by atoms with Crippen LogP contribution in [0.2, 0.25) is 0 Å². The van der Waals surface area contributed by atoms with Gasteiger partial charge in [0.25, 0.3) is 0 Å². The second-order valence-corrected chi connectivity index (χ2v) is 5.31. The average molecular weight is 208 g/mol. The summed E-state index contributed by atoms with van der Waals surface area (Å²) in [5.41, 5.74) is 0. The maximum Gasteiger partial charge on any atom is 0.136 e. The van der Waals surface area contributed by atoms with Gasteiger partial charge in [0.15, 0.2) is 0 Å². The van der Waals surface area contributed by atoms with Gasteiger partial charge in [0, 0.05) is 18.3 Å². The van der Waals surface area contributed by atoms with Crippen LogP contribution in [0.4, 0.5) is 0 Å². The SMILES string of the molecule is CC(=O)C1CCCC(=O)C2CCC(C)C12. The van der Waals surface area contributed by atoms with Gasteiger partial charge in [-0.05, 0) is 44.4 Å². The largest absolute Gasteiger partial charge is 0.300 e. The summed E-state index contributed by atoms with van der Waals surface area (Å²) in [6.07, 6.45) is 4.71. The number of carbonyl (C=O) groups is 2. The maximum atomic E-state index is 11.9. The molecule has 4 atom stereocenters. The Bertz CT molecular complexity index is 282. The number of fused-ring (bicyclic) bond motifs is 1. The molecule has 0 amide bonds. The van der Waals surface area contributed by atoms with E-state index < -0.39 is 0 Å². The molecule has 15 heavy (non-hydrogen) atoms. The third kappa shape index (κ3) is 1.86. The second kappa shape index (κ2) is 4.07. The Labute approximate surface area is 91.4 Å². The Morgan fingerprint density at radius 3 is 2.67 bits per heavy atom. The van der Waals surface area contributed by atoms with Gasteiger partial charge < -0.3 is 0 Å². The molecule has 0 N–H and O–H groups in total. The fourth-order valence-electron chi connectivity index (χ4n) is 3.62. The van der Waals surface area contributed by atoms with Crippen LogP contribution in [0.1, 0.15) is 46.0 Å². The molecule has 2 fully saturated rings. The van der Waals surface area contributed by atoms with Crippen molar-refractivity contribution in [1.82, 2.24) is 0 Å². The summed E-state index contributed by atoms with van der Waals surface area (Å²) >= 11 is 0. The first-order valence-corrected chi connectivity index (χ1v) is 6.14. The summed E-state index contributed by atoms with van der Waals surface area (Å²) in [6, 6.07) is 0. The Morgan fingerprint density at radius 2 is 2.00 bits per heavy atom. The summed E-state index contributed by atoms with van der Waals surface area (Å²) in [5.74, 6) is 2.01. The first-order chi connectivity index (χ1) is 7.11. The normalized spacial score (nSPS) is 41.1. The van der Waals surface area contributed by atoms with E-state index in [2.05, 4.69) is 6.92 Å². The van der Waals surface area contributed by atoms with E-state index in [1.165, 1.54) is 0 Å². The lowest BCUT2D eigenvalue weighted by Gasteiger charge is -2.26. The molecule has 0 aromatic rings. The highest BCUT2D eigenvalue weighted by atomic mass is 16.1. The van der Waals surface area contributed by atoms with E-state index in [9.17, 15) is 9.59 Å². The number of ketones is 2. The third-order valence-electron chi connectivity index (χ3n) is 4.39. The predicted octanol–water partition coefficient (Wildman–Crippen LogP) is 2.61. The molecule has 0 heterocycles. The topological polar surface area (TPSA) is 34.1 Å². The highest BCUT2D eigenvalue weighted by molar-refractivity contribution is 5.85. The fraction of sp³-hybridized carbons (Fsp3) is 0.846. The third-order valence-corrected chi connectivity index (χ3v) is 4.39. The summed E-state index contributed by atoms with van der Waals surface area (Å²) in [5, 5.41) is 0. The minimum atomic E-state index is 0.166. The molecule has 0 saturated heterocycles. The van der Waals surface area contributed by atoms with Crippen molar-refractivity contribution in [3.05, 3.63) is 0 Å². The fourth-order valence-corrected chi connectivity index (χ4v) is 3.62. The average Bonchev–Trinajstić information content (AvgIpc) is 2.45. The monoisotopic (exact) mass is 208 g/mol. The number of hydrogen-bond donors (Lipinski definition) is 0. The molecule has 2 aliphatic rings. The lowest BCUT2D eigenvalue weighted by molar-refractivity contribution is -0.126. The quantitative estimate of drug-likeness (QED) is 0.663. The molecule has 0 radical (unpaired) electrons. The van der Waals surface area contributed by atoms with Crippen LogP contribution in [0.5, 0.6) is 0 Å². The highest BCUT2D eigenvalue weighted by Crippen LogP contribution is 2.46. The van der Waals surface area contributed by atoms with Gasteiger partial charge in [0.05, 0.1) is 0 Å². The van der Waals surface area contributed by atoms with E-state index in [0.717, 1.165) is 25.7 Å². The summed E-state index contributed by atoms with van der Waals surface area (Å²) < 4.78 is 0. The molecule has 0 aliphatic heterocycles. The van der Waals surface area contributed by atoms with Crippen LogP contribution in [-0.4, -0.2) is 11.6 Å². The Hall–Kier alpha value is -0.660. The van der Waals surface area contributed by atoms with Crippen molar-refractivity contribution in [2.75, 3.05) is 0 Å². The molecule has 2 aliphatic carbocycles. The summed E-state index contributed by atoms with van der Waals surface area (Å²) in [7, 11) is 0. The molecule has 0 aromatic heterocycles. The van der Waals surface area contributed by atoms with Gasteiger partial charge in [0.2, 0.25) is 0 Å². The van der Waals surface area contributed by atoms with Crippen molar-refractivity contribution in [2.45, 2.75) is 46.0 Å². The van der Waals surface area contributed by atoms with Crippen LogP contribution in [0.15, 0.2) is 0 Å². The van der Waals surface area contributed by atoms with Gasteiger partial charge in [-0.25, -0.2) is 0 Å². The molecule has 2 heteroatoms. The van der Waals surface area contributed by atoms with Crippen molar-refractivity contribution in [2.24, 2.45) is 23.7 Å². The molecule has 2 saturated carbocycles. The Balaban J connectivity index is 2.26. The van der Waals surface area contributed by atoms with Crippen LogP contribution in [-0.2, 0) is 9.59 Å². The molecule has 84 valence electrons. The Kier molecular flexibility index (Phi) is 2.94. The van der Waals surface area contributed by atoms with Gasteiger partial charge in [-0.2, -0.15) is 0 Å². The minimum absolute atomic E-state index is 0.166. The zero-order valence-electron chi connectivity index (χ0n) is 9.66. The number of carbonyl (C=O) groups excluding carboxylic acids is 2. The van der Waals surface area contributed by atoms with Crippen LogP contribution in [0, 0.1) is 23.7 Å². The molecule has 4 unspecified atom stereocenters. The van der Waals surface area contributed by atoms with E-state index >= 15 is 0 Å². The van der Waals surface area contributed by atoms with Crippen LogP contribution >= 0.6 is 0 Å². The second-order valence-electron chi connectivity index (χ2n) is 5.31. The zero-order valence-corrected chi connectivity index (χ0v) is 9.66. The Morgan fingerprint density at radius 1 is 1.27 bits per heavy atom. The molecule has 0 spiro atoms. The molecular weight excluding hydrogens is 188 g/mol. The van der Waals surface area contributed by atoms with E-state index in [1.54, 1.807) is 6.92 Å². The van der Waals surface area contributed by atoms with Crippen molar-refractivity contribution < 1.29 is 9.59 Å². The smallest absolute Gasteiger partial charge is 0.136 e. The first-order valence-electron chi connectivity index (χ1n) is 6.14. The highest BCUT2D eigenvalue weighted by Gasteiger charge is 2.44. The molecular formula is C13H20O2. The first kappa shape index (κ1) is 10.8. The van der Waals surface area contributed by atoms with Crippen molar-refractivity contribution in [3.8, 4) is 0 Å². The molecule has 2 nitrogen and oxygen atoms in total. The summed E-state index contributed by atoms with van der Waals surface area (Å²) in [4.78, 5) is 23.5. The van der Waals surface area contributed by atoms with E-state index in [-0.39, 0.29) is 11.8 Å². The standard InChI is InChI=1S/C13H20O2/c1-8-6-7-11-12(15)5-3-4-10(9(2)14)13(8)11/h8,10-11,13H,3-7H2,1-2H3. The van der Waals surface area contributed by atoms with Crippen LogP contribution in [0.3, 0.4) is 0 Å². The van der Waals surface area contributed by atoms with E-state index in [0.29, 0.717) is 29.8 Å². The van der Waals surface area contributed by atoms with Gasteiger partial charge in [0.1, 0.15) is 11.6 Å². The zero-order chi connectivity index (χ0) is 11.0. The van der Waals surface area contributed by atoms with Crippen molar-refractivity contribution in [1.29, 1.82) is 0 Å². The minimum Gasteiger partial charge on any atom is -0.300 e. The summed E-state index contributed by atoms with van der Waals surface area (Å²) in [6.45, 7) is 3.90. The van der Waals surface area contributed by atoms with Gasteiger partial charge in [-0.1, -0.05) is 6.92 Å². The van der Waals surface area contributed by atoms with Gasteiger partial charge in [-0.3, -0.25) is 9.59 Å². The molecule has 0 bridgehead atoms. The molecule has 0 aromatic carbocycles. The van der Waals surface area contributed by atoms with E-state index in [1.807, 2.05) is 0 Å². The van der Waals surface area contributed by atoms with Crippen LogP contribution < -0.4 is 0 Å². The maximum absolute atomic E-state index is 11.9. The lowest BCUT2D eigenvalue weighted by atomic mass is 9.76. The van der Waals surface area contributed by atoms with Crippen molar-refractivity contribution in [3.63, 3.8) is 0 Å². The number of rotatable bonds is 1. The van der Waals surface area contributed by atoms with Gasteiger partial charge >= 0.3 is 0 Å². The van der Waals surface area contributed by atoms with Gasteiger partial charge in [-0.15, -0.1) is 0 Å². The predicted molar refractivity (Wildman–Crippen MR) is 58.4 cm³/mol. The number of hydrogen-bond acceptors (Lipinski definition) is 2. The van der Waals surface area contributed by atoms with Crippen molar-refractivity contribution >= 4 is 11.6 Å². The number of Topliss-reactive ketones (excluding diaryl/α,β-unsaturated/α-hetero) is 2.